The molecule has 3 rings (SSSR count). The molecular weight excluding hydrogens is 302 g/mol. The number of benzene rings is 2. The predicted molar refractivity (Wildman–Crippen MR) is 88.7 cm³/mol. The van der Waals surface area contributed by atoms with Crippen LogP contribution in [0.3, 0.4) is 0 Å². The zero-order chi connectivity index (χ0) is 17.0. The molecule has 0 aromatic heterocycles. The molecule has 120 valence electrons. The number of rotatable bonds is 6. The number of carbonyl (C=O) groups is 1. The molecule has 1 aliphatic rings. The molecule has 1 saturated carbocycles. The fourth-order valence-electron chi connectivity index (χ4n) is 2.58. The molecule has 1 fully saturated rings. The number of hydrogen-bond acceptors (Lipinski definition) is 4. The van der Waals surface area contributed by atoms with E-state index in [0.717, 1.165) is 0 Å². The van der Waals surface area contributed by atoms with Crippen molar-refractivity contribution < 1.29 is 14.3 Å². The highest BCUT2D eigenvalue weighted by atomic mass is 16.7. The standard InChI is InChI=1S/C20H17NO3/c1-2-16-13-20(16,14-21)19(22)24-18(15-9-5-3-6-10-15)23-17-11-7-4-8-12-17/h2-12,16,18H,1,13H2. The van der Waals surface area contributed by atoms with Crippen molar-refractivity contribution >= 4 is 5.97 Å². The number of carbonyl (C=O) groups excluding carboxylic acids is 1. The van der Waals surface area contributed by atoms with Gasteiger partial charge in [0.15, 0.2) is 5.41 Å². The Balaban J connectivity index is 1.82. The van der Waals surface area contributed by atoms with Gasteiger partial charge in [0.1, 0.15) is 5.75 Å². The maximum atomic E-state index is 12.5. The van der Waals surface area contributed by atoms with Crippen molar-refractivity contribution in [2.75, 3.05) is 0 Å². The van der Waals surface area contributed by atoms with Crippen LogP contribution in [0.4, 0.5) is 0 Å². The van der Waals surface area contributed by atoms with Gasteiger partial charge in [0, 0.05) is 11.5 Å². The average Bonchev–Trinajstić information content (AvgIpc) is 3.38. The van der Waals surface area contributed by atoms with Crippen LogP contribution >= 0.6 is 0 Å². The molecule has 0 aliphatic heterocycles. The van der Waals surface area contributed by atoms with Gasteiger partial charge in [-0.3, -0.25) is 4.79 Å². The van der Waals surface area contributed by atoms with Gasteiger partial charge in [0.05, 0.1) is 6.07 Å². The molecule has 1 aliphatic carbocycles. The highest BCUT2D eigenvalue weighted by Gasteiger charge is 2.61. The summed E-state index contributed by atoms with van der Waals surface area (Å²) in [6.07, 6.45) is 1.16. The third kappa shape index (κ3) is 3.02. The number of allylic oxidation sites excluding steroid dienone is 1. The van der Waals surface area contributed by atoms with Gasteiger partial charge in [-0.05, 0) is 18.6 Å². The monoisotopic (exact) mass is 319 g/mol. The van der Waals surface area contributed by atoms with E-state index in [-0.39, 0.29) is 5.92 Å². The molecule has 0 bridgehead atoms. The van der Waals surface area contributed by atoms with Crippen molar-refractivity contribution in [3.05, 3.63) is 78.9 Å². The molecule has 0 N–H and O–H groups in total. The molecule has 3 atom stereocenters. The maximum absolute atomic E-state index is 12.5. The topological polar surface area (TPSA) is 59.3 Å². The summed E-state index contributed by atoms with van der Waals surface area (Å²) >= 11 is 0. The molecule has 4 heteroatoms. The first kappa shape index (κ1) is 15.8. The van der Waals surface area contributed by atoms with Gasteiger partial charge in [-0.25, -0.2) is 0 Å². The zero-order valence-electron chi connectivity index (χ0n) is 13.1. The van der Waals surface area contributed by atoms with E-state index in [4.69, 9.17) is 9.47 Å². The molecule has 0 saturated heterocycles. The Morgan fingerprint density at radius 1 is 1.21 bits per heavy atom. The van der Waals surface area contributed by atoms with Crippen molar-refractivity contribution in [1.82, 2.24) is 0 Å². The Labute approximate surface area is 140 Å². The smallest absolute Gasteiger partial charge is 0.330 e. The normalized spacial score (nSPS) is 22.7. The van der Waals surface area contributed by atoms with E-state index in [9.17, 15) is 10.1 Å². The summed E-state index contributed by atoms with van der Waals surface area (Å²) in [6.45, 7) is 3.66. The predicted octanol–water partition coefficient (Wildman–Crippen LogP) is 4.02. The van der Waals surface area contributed by atoms with Gasteiger partial charge in [-0.2, -0.15) is 5.26 Å². The summed E-state index contributed by atoms with van der Waals surface area (Å²) in [6, 6.07) is 20.4. The molecular formula is C20H17NO3. The van der Waals surface area contributed by atoms with Gasteiger partial charge < -0.3 is 9.47 Å². The van der Waals surface area contributed by atoms with Gasteiger partial charge in [-0.15, -0.1) is 6.58 Å². The fourth-order valence-corrected chi connectivity index (χ4v) is 2.58. The fraction of sp³-hybridized carbons (Fsp3) is 0.200. The van der Waals surface area contributed by atoms with Crippen molar-refractivity contribution in [1.29, 1.82) is 5.26 Å². The molecule has 3 unspecified atom stereocenters. The molecule has 4 nitrogen and oxygen atoms in total. The van der Waals surface area contributed by atoms with Gasteiger partial charge in [0.25, 0.3) is 6.29 Å². The Morgan fingerprint density at radius 2 is 1.83 bits per heavy atom. The highest BCUT2D eigenvalue weighted by molar-refractivity contribution is 5.84. The van der Waals surface area contributed by atoms with Gasteiger partial charge in [-0.1, -0.05) is 54.6 Å². The van der Waals surface area contributed by atoms with Crippen LogP contribution in [0.25, 0.3) is 0 Å². The van der Waals surface area contributed by atoms with Crippen LogP contribution in [0.2, 0.25) is 0 Å². The van der Waals surface area contributed by atoms with E-state index in [1.807, 2.05) is 48.5 Å². The Morgan fingerprint density at radius 3 is 2.38 bits per heavy atom. The lowest BCUT2D eigenvalue weighted by Gasteiger charge is -2.21. The van der Waals surface area contributed by atoms with Crippen LogP contribution in [-0.2, 0) is 9.53 Å². The number of nitrogens with zero attached hydrogens (tertiary/aromatic N) is 1. The molecule has 0 spiro atoms. The minimum atomic E-state index is -1.13. The molecule has 24 heavy (non-hydrogen) atoms. The molecule has 2 aromatic carbocycles. The Bertz CT molecular complexity index is 766. The molecule has 2 aromatic rings. The van der Waals surface area contributed by atoms with Crippen LogP contribution in [0.1, 0.15) is 18.3 Å². The lowest BCUT2D eigenvalue weighted by atomic mass is 10.1. The molecule has 0 heterocycles. The van der Waals surface area contributed by atoms with Crippen LogP contribution in [-0.4, -0.2) is 5.97 Å². The second-order valence-corrected chi connectivity index (χ2v) is 5.71. The van der Waals surface area contributed by atoms with Crippen molar-refractivity contribution in [2.24, 2.45) is 11.3 Å². The number of para-hydroxylation sites is 1. The lowest BCUT2D eigenvalue weighted by Crippen LogP contribution is -2.24. The van der Waals surface area contributed by atoms with Crippen LogP contribution in [0, 0.1) is 22.7 Å². The Hall–Kier alpha value is -3.06. The summed E-state index contributed by atoms with van der Waals surface area (Å²) in [5.41, 5.74) is -0.423. The first-order chi connectivity index (χ1) is 11.7. The second kappa shape index (κ2) is 6.59. The van der Waals surface area contributed by atoms with Gasteiger partial charge in [0.2, 0.25) is 0 Å². The van der Waals surface area contributed by atoms with Crippen LogP contribution < -0.4 is 4.74 Å². The number of esters is 1. The van der Waals surface area contributed by atoms with E-state index in [2.05, 4.69) is 12.6 Å². The number of nitriles is 1. The second-order valence-electron chi connectivity index (χ2n) is 5.71. The minimum Gasteiger partial charge on any atom is -0.450 e. The highest BCUT2D eigenvalue weighted by Crippen LogP contribution is 2.54. The molecule has 0 amide bonds. The van der Waals surface area contributed by atoms with E-state index >= 15 is 0 Å². The largest absolute Gasteiger partial charge is 0.450 e. The number of ether oxygens (including phenoxy) is 2. The van der Waals surface area contributed by atoms with Crippen LogP contribution in [0.5, 0.6) is 5.75 Å². The maximum Gasteiger partial charge on any atom is 0.330 e. The van der Waals surface area contributed by atoms with Crippen LogP contribution in [0.15, 0.2) is 73.3 Å². The lowest BCUT2D eigenvalue weighted by molar-refractivity contribution is -0.169. The third-order valence-electron chi connectivity index (χ3n) is 4.14. The number of hydrogen-bond donors (Lipinski definition) is 0. The van der Waals surface area contributed by atoms with Crippen molar-refractivity contribution in [3.63, 3.8) is 0 Å². The summed E-state index contributed by atoms with van der Waals surface area (Å²) in [5.74, 6) is -0.149. The van der Waals surface area contributed by atoms with E-state index < -0.39 is 17.7 Å². The van der Waals surface area contributed by atoms with Crippen molar-refractivity contribution in [2.45, 2.75) is 12.7 Å². The average molecular weight is 319 g/mol. The first-order valence-corrected chi connectivity index (χ1v) is 7.71. The Kier molecular flexibility index (Phi) is 4.35. The quantitative estimate of drug-likeness (QED) is 0.458. The summed E-state index contributed by atoms with van der Waals surface area (Å²) < 4.78 is 11.4. The summed E-state index contributed by atoms with van der Waals surface area (Å²) in [5, 5.41) is 9.36. The third-order valence-corrected chi connectivity index (χ3v) is 4.14. The molecule has 0 radical (unpaired) electrons. The van der Waals surface area contributed by atoms with Gasteiger partial charge >= 0.3 is 5.97 Å². The van der Waals surface area contributed by atoms with E-state index in [1.54, 1.807) is 18.2 Å². The van der Waals surface area contributed by atoms with E-state index in [1.165, 1.54) is 0 Å². The first-order valence-electron chi connectivity index (χ1n) is 7.71. The SMILES string of the molecule is C=CC1CC1(C#N)C(=O)OC(Oc1ccccc1)c1ccccc1. The summed E-state index contributed by atoms with van der Waals surface area (Å²) in [7, 11) is 0. The minimum absolute atomic E-state index is 0.164. The van der Waals surface area contributed by atoms with E-state index in [0.29, 0.717) is 17.7 Å². The summed E-state index contributed by atoms with van der Waals surface area (Å²) in [4.78, 5) is 12.5. The van der Waals surface area contributed by atoms with Crippen molar-refractivity contribution in [3.8, 4) is 11.8 Å². The zero-order valence-corrected chi connectivity index (χ0v) is 13.1.